The van der Waals surface area contributed by atoms with Gasteiger partial charge in [-0.15, -0.1) is 0 Å². The molecule has 1 aliphatic heterocycles. The predicted octanol–water partition coefficient (Wildman–Crippen LogP) is 3.39. The van der Waals surface area contributed by atoms with Crippen LogP contribution < -0.4 is 10.1 Å². The highest BCUT2D eigenvalue weighted by molar-refractivity contribution is 5.94. The standard InChI is InChI=1S/C26H32N4O3/c1-33-23-6-3-2-5-19(23)15-28-24(31)20-16-27-17-29-22(20)13-18-7-11-30(12-8-18)25(32)21-14-26(21)9-4-10-26/h2-3,5-6,16-18,21H,4,7-15H2,1H3,(H,28,31)/t21-/m1/s1. The molecule has 3 aliphatic rings. The molecule has 174 valence electrons. The van der Waals surface area contributed by atoms with Gasteiger partial charge in [0, 0.05) is 37.3 Å². The molecule has 2 saturated carbocycles. The predicted molar refractivity (Wildman–Crippen MR) is 124 cm³/mol. The van der Waals surface area contributed by atoms with Gasteiger partial charge in [0.2, 0.25) is 5.91 Å². The summed E-state index contributed by atoms with van der Waals surface area (Å²) in [6.45, 7) is 2.01. The topological polar surface area (TPSA) is 84.4 Å². The minimum atomic E-state index is -0.177. The van der Waals surface area contributed by atoms with Crippen LogP contribution in [0, 0.1) is 17.3 Å². The van der Waals surface area contributed by atoms with Gasteiger partial charge in [-0.3, -0.25) is 9.59 Å². The lowest BCUT2D eigenvalue weighted by Crippen LogP contribution is -2.41. The van der Waals surface area contributed by atoms with E-state index in [1.807, 2.05) is 24.3 Å². The van der Waals surface area contributed by atoms with Gasteiger partial charge in [-0.1, -0.05) is 24.6 Å². The summed E-state index contributed by atoms with van der Waals surface area (Å²) >= 11 is 0. The summed E-state index contributed by atoms with van der Waals surface area (Å²) in [7, 11) is 1.62. The number of amides is 2. The molecule has 2 heterocycles. The first-order valence-electron chi connectivity index (χ1n) is 12.1. The second-order valence-electron chi connectivity index (χ2n) is 9.82. The molecule has 2 aliphatic carbocycles. The summed E-state index contributed by atoms with van der Waals surface area (Å²) < 4.78 is 5.37. The van der Waals surface area contributed by atoms with E-state index < -0.39 is 0 Å². The number of rotatable bonds is 7. The molecule has 7 heteroatoms. The van der Waals surface area contributed by atoms with Crippen molar-refractivity contribution < 1.29 is 14.3 Å². The van der Waals surface area contributed by atoms with Crippen molar-refractivity contribution in [2.24, 2.45) is 17.3 Å². The van der Waals surface area contributed by atoms with Crippen molar-refractivity contribution in [1.82, 2.24) is 20.2 Å². The fourth-order valence-corrected chi connectivity index (χ4v) is 5.56. The fourth-order valence-electron chi connectivity index (χ4n) is 5.56. The van der Waals surface area contributed by atoms with Gasteiger partial charge in [0.15, 0.2) is 0 Å². The van der Waals surface area contributed by atoms with Gasteiger partial charge in [0.05, 0.1) is 18.4 Å². The first-order valence-corrected chi connectivity index (χ1v) is 12.1. The Kier molecular flexibility index (Phi) is 6.04. The first-order chi connectivity index (χ1) is 16.1. The smallest absolute Gasteiger partial charge is 0.254 e. The van der Waals surface area contributed by atoms with Crippen LogP contribution in [0.3, 0.4) is 0 Å². The number of ether oxygens (including phenoxy) is 1. The van der Waals surface area contributed by atoms with Crippen molar-refractivity contribution in [1.29, 1.82) is 0 Å². The maximum absolute atomic E-state index is 12.9. The van der Waals surface area contributed by atoms with Crippen molar-refractivity contribution in [2.75, 3.05) is 20.2 Å². The molecule has 0 bridgehead atoms. The molecule has 1 aromatic carbocycles. The van der Waals surface area contributed by atoms with Crippen molar-refractivity contribution in [3.05, 3.63) is 53.6 Å². The highest BCUT2D eigenvalue weighted by Crippen LogP contribution is 2.66. The number of para-hydroxylation sites is 1. The minimum Gasteiger partial charge on any atom is -0.496 e. The van der Waals surface area contributed by atoms with E-state index >= 15 is 0 Å². The highest BCUT2D eigenvalue weighted by atomic mass is 16.5. The van der Waals surface area contributed by atoms with Gasteiger partial charge in [0.1, 0.15) is 12.1 Å². The number of carbonyl (C=O) groups is 2. The maximum atomic E-state index is 12.9. The van der Waals surface area contributed by atoms with Crippen LogP contribution in [0.2, 0.25) is 0 Å². The summed E-state index contributed by atoms with van der Waals surface area (Å²) in [5.41, 5.74) is 2.61. The van der Waals surface area contributed by atoms with Crippen molar-refractivity contribution in [3.63, 3.8) is 0 Å². The van der Waals surface area contributed by atoms with Crippen LogP contribution in [0.1, 0.15) is 60.1 Å². The number of nitrogens with one attached hydrogen (secondary N) is 1. The molecule has 7 nitrogen and oxygen atoms in total. The Morgan fingerprint density at radius 1 is 1.21 bits per heavy atom. The van der Waals surface area contributed by atoms with Gasteiger partial charge in [-0.25, -0.2) is 9.97 Å². The summed E-state index contributed by atoms with van der Waals surface area (Å²) in [6, 6.07) is 7.64. The molecular weight excluding hydrogens is 416 g/mol. The lowest BCUT2D eigenvalue weighted by atomic mass is 9.79. The molecule has 1 saturated heterocycles. The minimum absolute atomic E-state index is 0.177. The van der Waals surface area contributed by atoms with Crippen molar-refractivity contribution in [2.45, 2.75) is 51.5 Å². The van der Waals surface area contributed by atoms with Gasteiger partial charge in [-0.05, 0) is 55.9 Å². The van der Waals surface area contributed by atoms with Crippen LogP contribution in [-0.2, 0) is 17.8 Å². The number of piperidine rings is 1. The molecule has 1 atom stereocenters. The van der Waals surface area contributed by atoms with Gasteiger partial charge in [-0.2, -0.15) is 0 Å². The summed E-state index contributed by atoms with van der Waals surface area (Å²) in [4.78, 5) is 36.4. The second-order valence-corrected chi connectivity index (χ2v) is 9.82. The van der Waals surface area contributed by atoms with Gasteiger partial charge < -0.3 is 15.0 Å². The molecule has 1 spiro atoms. The summed E-state index contributed by atoms with van der Waals surface area (Å²) in [6.07, 6.45) is 10.6. The Balaban J connectivity index is 1.16. The average molecular weight is 449 g/mol. The number of aromatic nitrogens is 2. The molecule has 1 N–H and O–H groups in total. The van der Waals surface area contributed by atoms with Crippen LogP contribution >= 0.6 is 0 Å². The lowest BCUT2D eigenvalue weighted by molar-refractivity contribution is -0.135. The second kappa shape index (κ2) is 9.12. The van der Waals surface area contributed by atoms with Crippen LogP contribution in [0.4, 0.5) is 0 Å². The molecule has 2 aromatic rings. The number of carbonyl (C=O) groups excluding carboxylic acids is 2. The zero-order valence-corrected chi connectivity index (χ0v) is 19.3. The maximum Gasteiger partial charge on any atom is 0.254 e. The SMILES string of the molecule is COc1ccccc1CNC(=O)c1cncnc1CC1CCN(C(=O)[C@H]2CC23CCC3)CC1. The molecule has 2 amide bonds. The number of nitrogens with zero attached hydrogens (tertiary/aromatic N) is 3. The third-order valence-electron chi connectivity index (χ3n) is 7.92. The third kappa shape index (κ3) is 4.45. The van der Waals surface area contributed by atoms with Crippen LogP contribution in [0.5, 0.6) is 5.75 Å². The average Bonchev–Trinajstić information content (AvgIpc) is 3.60. The van der Waals surface area contributed by atoms with Crippen LogP contribution in [0.15, 0.2) is 36.8 Å². The largest absolute Gasteiger partial charge is 0.496 e. The number of hydrogen-bond acceptors (Lipinski definition) is 5. The molecule has 1 aromatic heterocycles. The fraction of sp³-hybridized carbons (Fsp3) is 0.538. The zero-order chi connectivity index (χ0) is 22.8. The van der Waals surface area contributed by atoms with Crippen LogP contribution in [-0.4, -0.2) is 46.9 Å². The van der Waals surface area contributed by atoms with E-state index in [1.54, 1.807) is 13.3 Å². The quantitative estimate of drug-likeness (QED) is 0.702. The normalized spacial score (nSPS) is 21.4. The summed E-state index contributed by atoms with van der Waals surface area (Å²) in [5, 5.41) is 2.98. The van der Waals surface area contributed by atoms with E-state index in [9.17, 15) is 9.59 Å². The Morgan fingerprint density at radius 2 is 2.00 bits per heavy atom. The number of benzene rings is 1. The van der Waals surface area contributed by atoms with E-state index in [0.29, 0.717) is 35.3 Å². The lowest BCUT2D eigenvalue weighted by Gasteiger charge is -2.34. The Hall–Kier alpha value is -2.96. The Bertz CT molecular complexity index is 1030. The molecule has 3 fully saturated rings. The highest BCUT2D eigenvalue weighted by Gasteiger charge is 2.61. The van der Waals surface area contributed by atoms with Crippen molar-refractivity contribution in [3.8, 4) is 5.75 Å². The molecule has 0 radical (unpaired) electrons. The monoisotopic (exact) mass is 448 g/mol. The summed E-state index contributed by atoms with van der Waals surface area (Å²) in [5.74, 6) is 1.66. The zero-order valence-electron chi connectivity index (χ0n) is 19.3. The van der Waals surface area contributed by atoms with Gasteiger partial charge in [0.25, 0.3) is 5.91 Å². The number of likely N-dealkylation sites (tertiary alicyclic amines) is 1. The van der Waals surface area contributed by atoms with E-state index in [-0.39, 0.29) is 5.91 Å². The Labute approximate surface area is 194 Å². The van der Waals surface area contributed by atoms with Crippen molar-refractivity contribution >= 4 is 11.8 Å². The van der Waals surface area contributed by atoms with E-state index in [2.05, 4.69) is 20.2 Å². The van der Waals surface area contributed by atoms with Gasteiger partial charge >= 0.3 is 0 Å². The van der Waals surface area contributed by atoms with Crippen LogP contribution in [0.25, 0.3) is 0 Å². The Morgan fingerprint density at radius 3 is 2.70 bits per heavy atom. The van der Waals surface area contributed by atoms with E-state index in [0.717, 1.165) is 55.8 Å². The van der Waals surface area contributed by atoms with E-state index in [1.165, 1.54) is 25.6 Å². The molecule has 0 unspecified atom stereocenters. The van der Waals surface area contributed by atoms with E-state index in [4.69, 9.17) is 4.74 Å². The third-order valence-corrected chi connectivity index (χ3v) is 7.92. The number of methoxy groups -OCH3 is 1. The molecule has 5 rings (SSSR count). The number of hydrogen-bond donors (Lipinski definition) is 1. The first kappa shape index (κ1) is 21.9. The molecule has 33 heavy (non-hydrogen) atoms. The molecular formula is C26H32N4O3.